The fourth-order valence-corrected chi connectivity index (χ4v) is 3.53. The van der Waals surface area contributed by atoms with Crippen LogP contribution in [-0.2, 0) is 0 Å². The number of benzene rings is 2. The highest BCUT2D eigenvalue weighted by Crippen LogP contribution is 2.33. The van der Waals surface area contributed by atoms with Crippen LogP contribution in [-0.4, -0.2) is 35.4 Å². The predicted octanol–water partition coefficient (Wildman–Crippen LogP) is 2.72. The van der Waals surface area contributed by atoms with Crippen molar-refractivity contribution in [1.29, 1.82) is 0 Å². The van der Waals surface area contributed by atoms with Gasteiger partial charge in [0.05, 0.1) is 4.92 Å². The number of rotatable bonds is 4. The first kappa shape index (κ1) is 17.1. The molecule has 1 saturated heterocycles. The monoisotopic (exact) mass is 339 g/mol. The van der Waals surface area contributed by atoms with Gasteiger partial charge in [0.1, 0.15) is 0 Å². The predicted molar refractivity (Wildman–Crippen MR) is 95.5 cm³/mol. The van der Waals surface area contributed by atoms with E-state index in [-0.39, 0.29) is 23.4 Å². The van der Waals surface area contributed by atoms with Crippen LogP contribution in [0.1, 0.15) is 27.4 Å². The molecule has 2 aromatic carbocycles. The van der Waals surface area contributed by atoms with E-state index in [9.17, 15) is 14.9 Å². The topological polar surface area (TPSA) is 89.5 Å². The van der Waals surface area contributed by atoms with Gasteiger partial charge in [-0.2, -0.15) is 0 Å². The molecule has 0 aliphatic carbocycles. The van der Waals surface area contributed by atoms with Gasteiger partial charge in [0.25, 0.3) is 11.6 Å². The lowest BCUT2D eigenvalue weighted by atomic mass is 9.89. The van der Waals surface area contributed by atoms with E-state index in [1.807, 2.05) is 18.2 Å². The number of nitrogens with zero attached hydrogens (tertiary/aromatic N) is 2. The van der Waals surface area contributed by atoms with Crippen molar-refractivity contribution >= 4 is 11.6 Å². The first-order valence-corrected chi connectivity index (χ1v) is 8.30. The van der Waals surface area contributed by atoms with Gasteiger partial charge in [-0.25, -0.2) is 0 Å². The smallest absolute Gasteiger partial charge is 0.270 e. The second-order valence-electron chi connectivity index (χ2n) is 6.54. The molecule has 2 aromatic rings. The van der Waals surface area contributed by atoms with Gasteiger partial charge in [-0.1, -0.05) is 30.3 Å². The number of amides is 1. The summed E-state index contributed by atoms with van der Waals surface area (Å²) in [4.78, 5) is 25.2. The number of nitro groups is 1. The Hall–Kier alpha value is -2.73. The van der Waals surface area contributed by atoms with E-state index < -0.39 is 4.92 Å². The molecule has 2 N–H and O–H groups in total. The van der Waals surface area contributed by atoms with Crippen LogP contribution in [0.25, 0.3) is 0 Å². The number of hydrogen-bond acceptors (Lipinski definition) is 4. The number of nitro benzene ring substituents is 1. The lowest BCUT2D eigenvalue weighted by Crippen LogP contribution is -2.30. The van der Waals surface area contributed by atoms with Crippen molar-refractivity contribution in [1.82, 2.24) is 4.90 Å². The molecule has 25 heavy (non-hydrogen) atoms. The quantitative estimate of drug-likeness (QED) is 0.685. The molecule has 0 unspecified atom stereocenters. The van der Waals surface area contributed by atoms with Gasteiger partial charge in [0.15, 0.2) is 0 Å². The normalized spacial score (nSPS) is 19.8. The van der Waals surface area contributed by atoms with Crippen molar-refractivity contribution in [2.24, 2.45) is 11.7 Å². The van der Waals surface area contributed by atoms with Crippen molar-refractivity contribution in [2.75, 3.05) is 19.6 Å². The van der Waals surface area contributed by atoms with E-state index in [1.165, 1.54) is 17.7 Å². The van der Waals surface area contributed by atoms with Crippen LogP contribution in [0.4, 0.5) is 5.69 Å². The first-order chi connectivity index (χ1) is 12.0. The Kier molecular flexibility index (Phi) is 4.81. The van der Waals surface area contributed by atoms with Crippen LogP contribution >= 0.6 is 0 Å². The second-order valence-corrected chi connectivity index (χ2v) is 6.54. The molecule has 0 bridgehead atoms. The molecule has 130 valence electrons. The molecule has 6 nitrogen and oxygen atoms in total. The van der Waals surface area contributed by atoms with Crippen LogP contribution in [0.2, 0.25) is 0 Å². The van der Waals surface area contributed by atoms with Gasteiger partial charge in [-0.3, -0.25) is 14.9 Å². The molecule has 1 fully saturated rings. The van der Waals surface area contributed by atoms with Crippen molar-refractivity contribution in [3.8, 4) is 0 Å². The Labute approximate surface area is 146 Å². The number of likely N-dealkylation sites (tertiary alicyclic amines) is 1. The van der Waals surface area contributed by atoms with Gasteiger partial charge in [0.2, 0.25) is 0 Å². The largest absolute Gasteiger partial charge is 0.338 e. The summed E-state index contributed by atoms with van der Waals surface area (Å²) in [7, 11) is 0. The Bertz CT molecular complexity index is 792. The fourth-order valence-electron chi connectivity index (χ4n) is 3.53. The first-order valence-electron chi connectivity index (χ1n) is 8.30. The van der Waals surface area contributed by atoms with Crippen LogP contribution in [0.5, 0.6) is 0 Å². The lowest BCUT2D eigenvalue weighted by molar-refractivity contribution is -0.384. The highest BCUT2D eigenvalue weighted by Gasteiger charge is 2.35. The van der Waals surface area contributed by atoms with Crippen molar-refractivity contribution in [3.05, 3.63) is 75.3 Å². The van der Waals surface area contributed by atoms with Crippen LogP contribution < -0.4 is 5.73 Å². The molecular weight excluding hydrogens is 318 g/mol. The zero-order valence-electron chi connectivity index (χ0n) is 14.1. The van der Waals surface area contributed by atoms with Crippen LogP contribution in [0.15, 0.2) is 48.5 Å². The van der Waals surface area contributed by atoms with E-state index in [2.05, 4.69) is 12.1 Å². The van der Waals surface area contributed by atoms with Gasteiger partial charge in [0, 0.05) is 36.7 Å². The molecule has 0 spiro atoms. The number of non-ortho nitro benzene ring substituents is 1. The van der Waals surface area contributed by atoms with Gasteiger partial charge < -0.3 is 10.6 Å². The Balaban J connectivity index is 1.85. The molecule has 0 radical (unpaired) electrons. The van der Waals surface area contributed by atoms with Gasteiger partial charge in [-0.15, -0.1) is 0 Å². The number of nitrogens with two attached hydrogens (primary N) is 1. The summed E-state index contributed by atoms with van der Waals surface area (Å²) in [5.41, 5.74) is 8.09. The summed E-state index contributed by atoms with van der Waals surface area (Å²) in [5.74, 6) is 0.199. The minimum atomic E-state index is -0.469. The average molecular weight is 339 g/mol. The number of hydrogen-bond donors (Lipinski definition) is 1. The molecule has 6 heteroatoms. The fraction of sp³-hybridized carbons (Fsp3) is 0.316. The maximum Gasteiger partial charge on any atom is 0.270 e. The second kappa shape index (κ2) is 7.03. The highest BCUT2D eigenvalue weighted by atomic mass is 16.6. The zero-order chi connectivity index (χ0) is 18.0. The Morgan fingerprint density at radius 2 is 1.96 bits per heavy atom. The van der Waals surface area contributed by atoms with E-state index in [0.717, 1.165) is 0 Å². The van der Waals surface area contributed by atoms with Crippen molar-refractivity contribution < 1.29 is 9.72 Å². The van der Waals surface area contributed by atoms with Crippen LogP contribution in [0.3, 0.4) is 0 Å². The Morgan fingerprint density at radius 1 is 1.24 bits per heavy atom. The summed E-state index contributed by atoms with van der Waals surface area (Å²) >= 11 is 0. The molecule has 3 rings (SSSR count). The molecule has 0 aromatic heterocycles. The third kappa shape index (κ3) is 3.53. The van der Waals surface area contributed by atoms with E-state index in [0.29, 0.717) is 30.8 Å². The molecule has 1 aliphatic rings. The maximum atomic E-state index is 12.9. The summed E-state index contributed by atoms with van der Waals surface area (Å²) in [6, 6.07) is 14.6. The molecular formula is C19H21N3O3. The maximum absolute atomic E-state index is 12.9. The summed E-state index contributed by atoms with van der Waals surface area (Å²) in [5, 5.41) is 11.0. The van der Waals surface area contributed by atoms with Gasteiger partial charge in [-0.05, 0) is 36.6 Å². The summed E-state index contributed by atoms with van der Waals surface area (Å²) in [6.45, 7) is 3.39. The SMILES string of the molecule is Cc1cc(C(=O)N2C[C@@H](CN)[C@H](c3ccccc3)C2)cc([N+](=O)[O-])c1. The van der Waals surface area contributed by atoms with Crippen LogP contribution in [0, 0.1) is 23.0 Å². The Morgan fingerprint density at radius 3 is 2.60 bits per heavy atom. The minimum absolute atomic E-state index is 0.0578. The standard InChI is InChI=1S/C19H21N3O3/c1-13-7-15(9-17(8-13)22(24)25)19(23)21-11-16(10-20)18(12-21)14-5-3-2-4-6-14/h2-9,16,18H,10-12,20H2,1H3/t16-,18+/m1/s1. The van der Waals surface area contributed by atoms with E-state index in [4.69, 9.17) is 5.73 Å². The minimum Gasteiger partial charge on any atom is -0.338 e. The molecule has 1 heterocycles. The molecule has 1 amide bonds. The highest BCUT2D eigenvalue weighted by molar-refractivity contribution is 5.95. The lowest BCUT2D eigenvalue weighted by Gasteiger charge is -2.17. The number of aryl methyl sites for hydroxylation is 1. The number of carbonyl (C=O) groups is 1. The van der Waals surface area contributed by atoms with Gasteiger partial charge >= 0.3 is 0 Å². The van der Waals surface area contributed by atoms with E-state index in [1.54, 1.807) is 17.9 Å². The molecule has 1 aliphatic heterocycles. The molecule has 2 atom stereocenters. The zero-order valence-corrected chi connectivity index (χ0v) is 14.1. The third-order valence-electron chi connectivity index (χ3n) is 4.78. The molecule has 0 saturated carbocycles. The number of carbonyl (C=O) groups excluding carboxylic acids is 1. The third-order valence-corrected chi connectivity index (χ3v) is 4.78. The summed E-state index contributed by atoms with van der Waals surface area (Å²) in [6.07, 6.45) is 0. The average Bonchev–Trinajstić information content (AvgIpc) is 3.05. The van der Waals surface area contributed by atoms with Crippen molar-refractivity contribution in [3.63, 3.8) is 0 Å². The summed E-state index contributed by atoms with van der Waals surface area (Å²) < 4.78 is 0. The van der Waals surface area contributed by atoms with Crippen molar-refractivity contribution in [2.45, 2.75) is 12.8 Å². The van der Waals surface area contributed by atoms with E-state index >= 15 is 0 Å².